The Morgan fingerprint density at radius 2 is 2.00 bits per heavy atom. The topological polar surface area (TPSA) is 62.7 Å². The lowest BCUT2D eigenvalue weighted by atomic mass is 10.3. The van der Waals surface area contributed by atoms with Crippen LogP contribution < -0.4 is 5.73 Å². The summed E-state index contributed by atoms with van der Waals surface area (Å²) in [5.41, 5.74) is 5.47. The van der Waals surface area contributed by atoms with Crippen LogP contribution in [0, 0.1) is 0 Å². The number of hydrogen-bond acceptors (Lipinski definition) is 4. The van der Waals surface area contributed by atoms with E-state index >= 15 is 0 Å². The molecule has 0 aliphatic carbocycles. The number of amides is 1. The molecule has 1 aromatic rings. The van der Waals surface area contributed by atoms with Crippen LogP contribution in [0.15, 0.2) is 16.5 Å². The number of likely N-dealkylation sites (N-methyl/N-ethyl adjacent to an activating group) is 1. The SMILES string of the molecule is CCCN(CCN(C)C)C(=O)c1ccc(CN)o1. The van der Waals surface area contributed by atoms with Gasteiger partial charge in [0.05, 0.1) is 6.54 Å². The van der Waals surface area contributed by atoms with Crippen molar-refractivity contribution in [3.63, 3.8) is 0 Å². The maximum Gasteiger partial charge on any atom is 0.289 e. The molecule has 5 nitrogen and oxygen atoms in total. The first-order chi connectivity index (χ1) is 8.58. The predicted octanol–water partition coefficient (Wildman–Crippen LogP) is 1.15. The molecule has 0 aromatic carbocycles. The van der Waals surface area contributed by atoms with Crippen molar-refractivity contribution in [3.05, 3.63) is 23.7 Å². The number of furan rings is 1. The molecule has 5 heteroatoms. The van der Waals surface area contributed by atoms with Gasteiger partial charge in [0.1, 0.15) is 5.76 Å². The molecule has 1 rings (SSSR count). The lowest BCUT2D eigenvalue weighted by Crippen LogP contribution is -2.37. The van der Waals surface area contributed by atoms with Crippen LogP contribution in [-0.2, 0) is 6.54 Å². The van der Waals surface area contributed by atoms with Gasteiger partial charge in [-0.1, -0.05) is 6.92 Å². The Bertz CT molecular complexity index is 374. The fourth-order valence-electron chi connectivity index (χ4n) is 1.66. The quantitative estimate of drug-likeness (QED) is 0.792. The third kappa shape index (κ3) is 4.16. The van der Waals surface area contributed by atoms with Crippen molar-refractivity contribution in [1.82, 2.24) is 9.80 Å². The minimum atomic E-state index is -0.0570. The van der Waals surface area contributed by atoms with Crippen molar-refractivity contribution in [3.8, 4) is 0 Å². The Hall–Kier alpha value is -1.33. The predicted molar refractivity (Wildman–Crippen MR) is 71.3 cm³/mol. The van der Waals surface area contributed by atoms with Gasteiger partial charge in [-0.05, 0) is 32.6 Å². The zero-order chi connectivity index (χ0) is 13.5. The Labute approximate surface area is 109 Å². The average molecular weight is 253 g/mol. The molecule has 1 amide bonds. The van der Waals surface area contributed by atoms with E-state index in [1.165, 1.54) is 0 Å². The van der Waals surface area contributed by atoms with Gasteiger partial charge in [-0.3, -0.25) is 4.79 Å². The highest BCUT2D eigenvalue weighted by atomic mass is 16.4. The van der Waals surface area contributed by atoms with Crippen LogP contribution in [0.1, 0.15) is 29.7 Å². The second-order valence-corrected chi connectivity index (χ2v) is 4.57. The fourth-order valence-corrected chi connectivity index (χ4v) is 1.66. The Morgan fingerprint density at radius 1 is 1.28 bits per heavy atom. The van der Waals surface area contributed by atoms with Crippen molar-refractivity contribution in [2.24, 2.45) is 5.73 Å². The molecule has 0 aliphatic rings. The van der Waals surface area contributed by atoms with Gasteiger partial charge in [0.25, 0.3) is 5.91 Å². The van der Waals surface area contributed by atoms with E-state index in [-0.39, 0.29) is 5.91 Å². The molecule has 0 aliphatic heterocycles. The van der Waals surface area contributed by atoms with Gasteiger partial charge in [-0.15, -0.1) is 0 Å². The van der Waals surface area contributed by atoms with E-state index in [9.17, 15) is 4.79 Å². The summed E-state index contributed by atoms with van der Waals surface area (Å²) in [5, 5.41) is 0. The number of nitrogens with two attached hydrogens (primary N) is 1. The van der Waals surface area contributed by atoms with Gasteiger partial charge >= 0.3 is 0 Å². The van der Waals surface area contributed by atoms with Gasteiger partial charge in [0.15, 0.2) is 5.76 Å². The van der Waals surface area contributed by atoms with E-state index in [0.29, 0.717) is 24.6 Å². The summed E-state index contributed by atoms with van der Waals surface area (Å²) in [4.78, 5) is 16.1. The first-order valence-electron chi connectivity index (χ1n) is 6.31. The number of rotatable bonds is 7. The van der Waals surface area contributed by atoms with Gasteiger partial charge in [0.2, 0.25) is 0 Å². The summed E-state index contributed by atoms with van der Waals surface area (Å²) in [6.07, 6.45) is 0.934. The van der Waals surface area contributed by atoms with E-state index in [1.807, 2.05) is 19.0 Å². The molecule has 0 bridgehead atoms. The third-order valence-electron chi connectivity index (χ3n) is 2.67. The fraction of sp³-hybridized carbons (Fsp3) is 0.615. The highest BCUT2D eigenvalue weighted by Crippen LogP contribution is 2.10. The summed E-state index contributed by atoms with van der Waals surface area (Å²) in [6, 6.07) is 3.45. The molecule has 1 aromatic heterocycles. The van der Waals surface area contributed by atoms with E-state index in [2.05, 4.69) is 11.8 Å². The van der Waals surface area contributed by atoms with Crippen LogP contribution in [0.25, 0.3) is 0 Å². The number of carbonyl (C=O) groups excluding carboxylic acids is 1. The van der Waals surface area contributed by atoms with Crippen molar-refractivity contribution < 1.29 is 9.21 Å². The summed E-state index contributed by atoms with van der Waals surface area (Å²) < 4.78 is 5.40. The van der Waals surface area contributed by atoms with E-state index in [0.717, 1.165) is 19.5 Å². The average Bonchev–Trinajstić information content (AvgIpc) is 2.82. The van der Waals surface area contributed by atoms with Gasteiger partial charge < -0.3 is 20.0 Å². The molecule has 0 atom stereocenters. The largest absolute Gasteiger partial charge is 0.455 e. The number of carbonyl (C=O) groups is 1. The van der Waals surface area contributed by atoms with Gasteiger partial charge in [-0.25, -0.2) is 0 Å². The normalized spacial score (nSPS) is 10.9. The van der Waals surface area contributed by atoms with E-state index < -0.39 is 0 Å². The van der Waals surface area contributed by atoms with Crippen molar-refractivity contribution in [2.75, 3.05) is 33.7 Å². The molecule has 0 fully saturated rings. The van der Waals surface area contributed by atoms with Crippen LogP contribution in [0.4, 0.5) is 0 Å². The lowest BCUT2D eigenvalue weighted by Gasteiger charge is -2.22. The second-order valence-electron chi connectivity index (χ2n) is 4.57. The first-order valence-corrected chi connectivity index (χ1v) is 6.31. The van der Waals surface area contributed by atoms with E-state index in [1.54, 1.807) is 12.1 Å². The van der Waals surface area contributed by atoms with Crippen molar-refractivity contribution >= 4 is 5.91 Å². The second kappa shape index (κ2) is 7.18. The van der Waals surface area contributed by atoms with Crippen LogP contribution in [0.3, 0.4) is 0 Å². The smallest absolute Gasteiger partial charge is 0.289 e. The summed E-state index contributed by atoms with van der Waals surface area (Å²) in [5.74, 6) is 0.962. The standard InChI is InChI=1S/C13H23N3O2/c1-4-7-16(9-8-15(2)3)13(17)12-6-5-11(10-14)18-12/h5-6H,4,7-10,14H2,1-3H3. The Morgan fingerprint density at radius 3 is 2.50 bits per heavy atom. The van der Waals surface area contributed by atoms with Gasteiger partial charge in [-0.2, -0.15) is 0 Å². The van der Waals surface area contributed by atoms with Crippen LogP contribution in [0.2, 0.25) is 0 Å². The van der Waals surface area contributed by atoms with Crippen LogP contribution in [0.5, 0.6) is 0 Å². The van der Waals surface area contributed by atoms with Gasteiger partial charge in [0, 0.05) is 19.6 Å². The Balaban J connectivity index is 2.68. The molecule has 1 heterocycles. The first kappa shape index (κ1) is 14.7. The molecule has 2 N–H and O–H groups in total. The monoisotopic (exact) mass is 253 g/mol. The number of hydrogen-bond donors (Lipinski definition) is 1. The summed E-state index contributed by atoms with van der Waals surface area (Å²) in [6.45, 7) is 4.67. The molecule has 18 heavy (non-hydrogen) atoms. The molecule has 0 saturated carbocycles. The summed E-state index contributed by atoms with van der Waals surface area (Å²) in [7, 11) is 3.99. The molecule has 102 valence electrons. The maximum absolute atomic E-state index is 12.2. The highest BCUT2D eigenvalue weighted by Gasteiger charge is 2.18. The molecule has 0 unspecified atom stereocenters. The maximum atomic E-state index is 12.2. The number of nitrogens with zero attached hydrogens (tertiary/aromatic N) is 2. The van der Waals surface area contributed by atoms with Crippen LogP contribution >= 0.6 is 0 Å². The highest BCUT2D eigenvalue weighted by molar-refractivity contribution is 5.91. The third-order valence-corrected chi connectivity index (χ3v) is 2.67. The van der Waals surface area contributed by atoms with Crippen molar-refractivity contribution in [2.45, 2.75) is 19.9 Å². The zero-order valence-electron chi connectivity index (χ0n) is 11.5. The van der Waals surface area contributed by atoms with E-state index in [4.69, 9.17) is 10.2 Å². The minimum Gasteiger partial charge on any atom is -0.455 e. The summed E-state index contributed by atoms with van der Waals surface area (Å²) >= 11 is 0. The minimum absolute atomic E-state index is 0.0570. The van der Waals surface area contributed by atoms with Crippen molar-refractivity contribution in [1.29, 1.82) is 0 Å². The molecular weight excluding hydrogens is 230 g/mol. The zero-order valence-corrected chi connectivity index (χ0v) is 11.5. The van der Waals surface area contributed by atoms with Crippen LogP contribution in [-0.4, -0.2) is 49.4 Å². The molecular formula is C13H23N3O2. The lowest BCUT2D eigenvalue weighted by molar-refractivity contribution is 0.0711. The molecule has 0 saturated heterocycles. The molecule has 0 radical (unpaired) electrons. The Kier molecular flexibility index (Phi) is 5.88. The molecule has 0 spiro atoms.